The van der Waals surface area contributed by atoms with Gasteiger partial charge >= 0.3 is 0 Å². The van der Waals surface area contributed by atoms with Gasteiger partial charge in [0.15, 0.2) is 11.5 Å². The molecule has 1 spiro atoms. The molecular formula is C18H21NO4. The zero-order valence-corrected chi connectivity index (χ0v) is 13.6. The molecule has 0 aromatic heterocycles. The third-order valence-corrected chi connectivity index (χ3v) is 5.82. The largest absolute Gasteiger partial charge is 0.493 e. The highest BCUT2D eigenvalue weighted by Gasteiger charge is 2.57. The van der Waals surface area contributed by atoms with Gasteiger partial charge in [0.1, 0.15) is 5.78 Å². The lowest BCUT2D eigenvalue weighted by Crippen LogP contribution is -2.53. The minimum Gasteiger partial charge on any atom is -0.493 e. The number of rotatable bonds is 2. The first-order valence-electron chi connectivity index (χ1n) is 8.17. The van der Waals surface area contributed by atoms with E-state index in [-0.39, 0.29) is 23.1 Å². The van der Waals surface area contributed by atoms with E-state index in [1.165, 1.54) is 5.56 Å². The molecule has 2 heterocycles. The van der Waals surface area contributed by atoms with E-state index in [1.54, 1.807) is 14.2 Å². The van der Waals surface area contributed by atoms with Gasteiger partial charge in [0, 0.05) is 31.7 Å². The first kappa shape index (κ1) is 14.5. The van der Waals surface area contributed by atoms with Gasteiger partial charge in [-0.05, 0) is 36.1 Å². The second kappa shape index (κ2) is 4.98. The van der Waals surface area contributed by atoms with Crippen molar-refractivity contribution in [3.63, 3.8) is 0 Å². The minimum atomic E-state index is -0.321. The van der Waals surface area contributed by atoms with Crippen molar-refractivity contribution in [3.8, 4) is 11.5 Å². The Kier molecular flexibility index (Phi) is 3.15. The zero-order chi connectivity index (χ0) is 16.2. The summed E-state index contributed by atoms with van der Waals surface area (Å²) >= 11 is 0. The second-order valence-corrected chi connectivity index (χ2v) is 6.73. The summed E-state index contributed by atoms with van der Waals surface area (Å²) in [5, 5.41) is 0. The topological polar surface area (TPSA) is 55.8 Å². The molecule has 0 radical (unpaired) electrons. The van der Waals surface area contributed by atoms with E-state index < -0.39 is 0 Å². The van der Waals surface area contributed by atoms with Crippen LogP contribution < -0.4 is 9.47 Å². The molecule has 122 valence electrons. The van der Waals surface area contributed by atoms with Crippen LogP contribution in [0, 0.1) is 5.92 Å². The van der Waals surface area contributed by atoms with Gasteiger partial charge < -0.3 is 14.4 Å². The van der Waals surface area contributed by atoms with Crippen LogP contribution in [0.1, 0.15) is 36.8 Å². The monoisotopic (exact) mass is 315 g/mol. The van der Waals surface area contributed by atoms with E-state index in [0.29, 0.717) is 25.0 Å². The molecule has 2 fully saturated rings. The van der Waals surface area contributed by atoms with Crippen molar-refractivity contribution in [2.75, 3.05) is 20.8 Å². The average molecular weight is 315 g/mol. The van der Waals surface area contributed by atoms with Gasteiger partial charge in [0.05, 0.1) is 19.8 Å². The van der Waals surface area contributed by atoms with Crippen molar-refractivity contribution in [2.24, 2.45) is 5.92 Å². The Hall–Kier alpha value is -2.04. The highest BCUT2D eigenvalue weighted by molar-refractivity contribution is 5.87. The number of carbonyl (C=O) groups excluding carboxylic acids is 2. The second-order valence-electron chi connectivity index (χ2n) is 6.73. The van der Waals surface area contributed by atoms with Crippen LogP contribution >= 0.6 is 0 Å². The van der Waals surface area contributed by atoms with Crippen molar-refractivity contribution >= 4 is 11.7 Å². The fourth-order valence-electron chi connectivity index (χ4n) is 4.81. The van der Waals surface area contributed by atoms with Crippen molar-refractivity contribution in [1.82, 2.24) is 4.90 Å². The summed E-state index contributed by atoms with van der Waals surface area (Å²) in [5.41, 5.74) is 2.05. The third kappa shape index (κ3) is 1.85. The Balaban J connectivity index is 1.91. The van der Waals surface area contributed by atoms with E-state index in [1.807, 2.05) is 17.0 Å². The van der Waals surface area contributed by atoms with Crippen LogP contribution in [0.3, 0.4) is 0 Å². The molecule has 2 atom stereocenters. The molecule has 1 aliphatic carbocycles. The van der Waals surface area contributed by atoms with Crippen molar-refractivity contribution in [1.29, 1.82) is 0 Å². The van der Waals surface area contributed by atoms with Gasteiger partial charge in [0.2, 0.25) is 5.91 Å². The van der Waals surface area contributed by atoms with Crippen LogP contribution in [0.2, 0.25) is 0 Å². The molecule has 0 N–H and O–H groups in total. The first-order valence-corrected chi connectivity index (χ1v) is 8.17. The third-order valence-electron chi connectivity index (χ3n) is 5.82. The Morgan fingerprint density at radius 2 is 1.83 bits per heavy atom. The van der Waals surface area contributed by atoms with Gasteiger partial charge in [-0.25, -0.2) is 0 Å². The SMILES string of the molecule is COc1cc2c(cc1OC)C13CCC(=O)CC1CC(=O)N3CC2. The number of benzene rings is 1. The maximum atomic E-state index is 12.5. The number of carbonyl (C=O) groups is 2. The highest BCUT2D eigenvalue weighted by Crippen LogP contribution is 2.55. The molecule has 1 aromatic carbocycles. The number of nitrogens with zero attached hydrogens (tertiary/aromatic N) is 1. The maximum Gasteiger partial charge on any atom is 0.223 e. The van der Waals surface area contributed by atoms with E-state index in [4.69, 9.17) is 9.47 Å². The Labute approximate surface area is 135 Å². The fourth-order valence-corrected chi connectivity index (χ4v) is 4.81. The zero-order valence-electron chi connectivity index (χ0n) is 13.6. The van der Waals surface area contributed by atoms with Gasteiger partial charge in [-0.3, -0.25) is 9.59 Å². The molecule has 3 aliphatic rings. The van der Waals surface area contributed by atoms with Crippen molar-refractivity contribution < 1.29 is 19.1 Å². The molecular weight excluding hydrogens is 294 g/mol. The number of hydrogen-bond donors (Lipinski definition) is 0. The Bertz CT molecular complexity index is 699. The van der Waals surface area contributed by atoms with Gasteiger partial charge in [-0.1, -0.05) is 0 Å². The number of ether oxygens (including phenoxy) is 2. The normalized spacial score (nSPS) is 29.0. The molecule has 1 saturated heterocycles. The smallest absolute Gasteiger partial charge is 0.223 e. The number of hydrogen-bond acceptors (Lipinski definition) is 4. The number of methoxy groups -OCH3 is 2. The lowest BCUT2D eigenvalue weighted by molar-refractivity contribution is -0.134. The molecule has 5 nitrogen and oxygen atoms in total. The number of ketones is 1. The molecule has 1 saturated carbocycles. The maximum absolute atomic E-state index is 12.5. The molecule has 0 bridgehead atoms. The van der Waals surface area contributed by atoms with Gasteiger partial charge in [-0.15, -0.1) is 0 Å². The summed E-state index contributed by atoms with van der Waals surface area (Å²) in [6.07, 6.45) is 3.10. The van der Waals surface area contributed by atoms with Crippen LogP contribution in [0.4, 0.5) is 0 Å². The van der Waals surface area contributed by atoms with Crippen molar-refractivity contribution in [2.45, 2.75) is 37.6 Å². The van der Waals surface area contributed by atoms with E-state index in [0.717, 1.165) is 30.7 Å². The highest BCUT2D eigenvalue weighted by atomic mass is 16.5. The van der Waals surface area contributed by atoms with Crippen LogP contribution in [0.25, 0.3) is 0 Å². The average Bonchev–Trinajstić information content (AvgIpc) is 2.85. The Morgan fingerprint density at radius 1 is 1.09 bits per heavy atom. The molecule has 2 aliphatic heterocycles. The van der Waals surface area contributed by atoms with E-state index in [9.17, 15) is 9.59 Å². The molecule has 1 amide bonds. The molecule has 23 heavy (non-hydrogen) atoms. The lowest BCUT2D eigenvalue weighted by atomic mass is 9.66. The molecule has 4 rings (SSSR count). The quantitative estimate of drug-likeness (QED) is 0.838. The fraction of sp³-hybridized carbons (Fsp3) is 0.556. The number of fused-ring (bicyclic) bond motifs is 1. The van der Waals surface area contributed by atoms with E-state index >= 15 is 0 Å². The predicted molar refractivity (Wildman–Crippen MR) is 83.6 cm³/mol. The van der Waals surface area contributed by atoms with Crippen LogP contribution in [0.5, 0.6) is 11.5 Å². The van der Waals surface area contributed by atoms with Crippen LogP contribution in [-0.2, 0) is 21.5 Å². The summed E-state index contributed by atoms with van der Waals surface area (Å²) in [4.78, 5) is 26.5. The van der Waals surface area contributed by atoms with Crippen LogP contribution in [-0.4, -0.2) is 37.4 Å². The van der Waals surface area contributed by atoms with Gasteiger partial charge in [0.25, 0.3) is 0 Å². The molecule has 1 aromatic rings. The van der Waals surface area contributed by atoms with Crippen molar-refractivity contribution in [3.05, 3.63) is 23.3 Å². The minimum absolute atomic E-state index is 0.0911. The molecule has 5 heteroatoms. The molecule has 2 unspecified atom stereocenters. The predicted octanol–water partition coefficient (Wildman–Crippen LogP) is 2.06. The first-order chi connectivity index (χ1) is 11.1. The van der Waals surface area contributed by atoms with Crippen LogP contribution in [0.15, 0.2) is 12.1 Å². The van der Waals surface area contributed by atoms with E-state index in [2.05, 4.69) is 0 Å². The summed E-state index contributed by atoms with van der Waals surface area (Å²) in [5.74, 6) is 1.97. The summed E-state index contributed by atoms with van der Waals surface area (Å²) in [6, 6.07) is 4.07. The lowest BCUT2D eigenvalue weighted by Gasteiger charge is -2.49. The Morgan fingerprint density at radius 3 is 2.57 bits per heavy atom. The summed E-state index contributed by atoms with van der Waals surface area (Å²) in [7, 11) is 3.27. The standard InChI is InChI=1S/C18H21NO4/c1-22-15-7-11-4-6-19-17(21)9-12-8-13(20)3-5-18(12,19)14(11)10-16(15)23-2/h7,10,12H,3-6,8-9H2,1-2H3. The number of Topliss-reactive ketones (excluding diaryl/α,β-unsaturated/α-hetero) is 1. The summed E-state index contributed by atoms with van der Waals surface area (Å²) < 4.78 is 10.9. The summed E-state index contributed by atoms with van der Waals surface area (Å²) in [6.45, 7) is 0.728. The number of amides is 1. The van der Waals surface area contributed by atoms with Gasteiger partial charge in [-0.2, -0.15) is 0 Å².